The third kappa shape index (κ3) is 2.72. The van der Waals surface area contributed by atoms with Gasteiger partial charge in [-0.05, 0) is 33.6 Å². The largest absolute Gasteiger partial charge is 0.390 e. The zero-order valence-corrected chi connectivity index (χ0v) is 11.4. The van der Waals surface area contributed by atoms with Gasteiger partial charge in [-0.2, -0.15) is 0 Å². The minimum absolute atomic E-state index is 0.526. The molecule has 1 aliphatic rings. The van der Waals surface area contributed by atoms with Crippen LogP contribution in [-0.4, -0.2) is 40.3 Å². The number of nitrogens with zero attached hydrogens (tertiary/aromatic N) is 3. The summed E-state index contributed by atoms with van der Waals surface area (Å²) < 4.78 is 0. The van der Waals surface area contributed by atoms with Gasteiger partial charge in [-0.3, -0.25) is 0 Å². The van der Waals surface area contributed by atoms with Crippen LogP contribution >= 0.6 is 0 Å². The number of piperidine rings is 1. The summed E-state index contributed by atoms with van der Waals surface area (Å²) in [6, 6.07) is 0. The predicted molar refractivity (Wildman–Crippen MR) is 73.0 cm³/mol. The minimum atomic E-state index is -0.526. The first kappa shape index (κ1) is 13.1. The number of aromatic nitrogens is 2. The first-order chi connectivity index (χ1) is 8.53. The zero-order chi connectivity index (χ0) is 13.2. The molecule has 0 aromatic carbocycles. The Bertz CT molecular complexity index is 409. The molecule has 0 aliphatic carbocycles. The highest BCUT2D eigenvalue weighted by Gasteiger charge is 2.28. The second-order valence-corrected chi connectivity index (χ2v) is 5.19. The summed E-state index contributed by atoms with van der Waals surface area (Å²) in [6.45, 7) is 8.54. The van der Waals surface area contributed by atoms with E-state index in [1.807, 2.05) is 13.8 Å². The van der Waals surface area contributed by atoms with Crippen LogP contribution in [-0.2, 0) is 0 Å². The average molecular weight is 250 g/mol. The van der Waals surface area contributed by atoms with Crippen LogP contribution in [0.1, 0.15) is 32.3 Å². The molecule has 0 spiro atoms. The van der Waals surface area contributed by atoms with Crippen molar-refractivity contribution >= 4 is 11.6 Å². The van der Waals surface area contributed by atoms with Crippen molar-refractivity contribution in [2.45, 2.75) is 39.2 Å². The van der Waals surface area contributed by atoms with Crippen molar-refractivity contribution in [3.05, 3.63) is 11.9 Å². The molecule has 0 saturated carbocycles. The lowest BCUT2D eigenvalue weighted by Gasteiger charge is -2.37. The first-order valence-corrected chi connectivity index (χ1v) is 6.56. The molecule has 0 bridgehead atoms. The van der Waals surface area contributed by atoms with Crippen LogP contribution in [0.2, 0.25) is 0 Å². The van der Waals surface area contributed by atoms with Gasteiger partial charge in [0.1, 0.15) is 18.0 Å². The van der Waals surface area contributed by atoms with E-state index in [0.717, 1.165) is 49.7 Å². The van der Waals surface area contributed by atoms with E-state index in [9.17, 15) is 5.11 Å². The van der Waals surface area contributed by atoms with Crippen LogP contribution in [0.5, 0.6) is 0 Å². The maximum atomic E-state index is 9.98. The molecule has 18 heavy (non-hydrogen) atoms. The molecule has 2 heterocycles. The third-order valence-corrected chi connectivity index (χ3v) is 3.54. The van der Waals surface area contributed by atoms with Gasteiger partial charge in [-0.1, -0.05) is 0 Å². The summed E-state index contributed by atoms with van der Waals surface area (Å²) in [5, 5.41) is 13.2. The molecule has 5 nitrogen and oxygen atoms in total. The fraction of sp³-hybridized carbons (Fsp3) is 0.692. The van der Waals surface area contributed by atoms with E-state index in [-0.39, 0.29) is 0 Å². The van der Waals surface area contributed by atoms with E-state index in [4.69, 9.17) is 0 Å². The molecule has 2 N–H and O–H groups in total. The molecule has 1 saturated heterocycles. The number of rotatable bonds is 3. The summed E-state index contributed by atoms with van der Waals surface area (Å²) >= 11 is 0. The van der Waals surface area contributed by atoms with Crippen molar-refractivity contribution in [1.82, 2.24) is 9.97 Å². The van der Waals surface area contributed by atoms with Gasteiger partial charge >= 0.3 is 0 Å². The van der Waals surface area contributed by atoms with Crippen LogP contribution in [0, 0.1) is 6.92 Å². The molecule has 0 unspecified atom stereocenters. The van der Waals surface area contributed by atoms with Gasteiger partial charge in [-0.25, -0.2) is 9.97 Å². The van der Waals surface area contributed by atoms with E-state index in [1.165, 1.54) is 0 Å². The summed E-state index contributed by atoms with van der Waals surface area (Å²) in [7, 11) is 0. The molecular weight excluding hydrogens is 228 g/mol. The standard InChI is InChI=1S/C13H22N4O/c1-4-14-11-10(2)12(16-9-15-11)17-7-5-13(3,18)6-8-17/h9,18H,4-8H2,1-3H3,(H,14,15,16). The van der Waals surface area contributed by atoms with Gasteiger partial charge in [0.05, 0.1) is 5.60 Å². The van der Waals surface area contributed by atoms with E-state index < -0.39 is 5.60 Å². The second-order valence-electron chi connectivity index (χ2n) is 5.19. The van der Waals surface area contributed by atoms with Gasteiger partial charge < -0.3 is 15.3 Å². The molecule has 1 fully saturated rings. The monoisotopic (exact) mass is 250 g/mol. The maximum absolute atomic E-state index is 9.98. The lowest BCUT2D eigenvalue weighted by molar-refractivity contribution is 0.0350. The van der Waals surface area contributed by atoms with E-state index in [1.54, 1.807) is 6.33 Å². The van der Waals surface area contributed by atoms with Crippen LogP contribution in [0.3, 0.4) is 0 Å². The highest BCUT2D eigenvalue weighted by molar-refractivity contribution is 5.58. The Labute approximate surface area is 108 Å². The van der Waals surface area contributed by atoms with Crippen LogP contribution in [0.25, 0.3) is 0 Å². The molecule has 2 rings (SSSR count). The van der Waals surface area contributed by atoms with Crippen LogP contribution in [0.4, 0.5) is 11.6 Å². The smallest absolute Gasteiger partial charge is 0.137 e. The molecule has 1 aromatic rings. The van der Waals surface area contributed by atoms with Crippen molar-refractivity contribution in [3.8, 4) is 0 Å². The Balaban J connectivity index is 2.16. The number of hydrogen-bond donors (Lipinski definition) is 2. The number of hydrogen-bond acceptors (Lipinski definition) is 5. The highest BCUT2D eigenvalue weighted by atomic mass is 16.3. The molecule has 1 aliphatic heterocycles. The second kappa shape index (κ2) is 5.10. The molecule has 1 aromatic heterocycles. The molecule has 0 atom stereocenters. The fourth-order valence-corrected chi connectivity index (χ4v) is 2.31. The molecule has 100 valence electrons. The Morgan fingerprint density at radius 1 is 1.39 bits per heavy atom. The van der Waals surface area contributed by atoms with Crippen molar-refractivity contribution in [3.63, 3.8) is 0 Å². The lowest BCUT2D eigenvalue weighted by atomic mass is 9.94. The number of aliphatic hydroxyl groups is 1. The summed E-state index contributed by atoms with van der Waals surface area (Å²) in [5.74, 6) is 1.89. The summed E-state index contributed by atoms with van der Waals surface area (Å²) in [4.78, 5) is 10.9. The van der Waals surface area contributed by atoms with E-state index >= 15 is 0 Å². The Kier molecular flexibility index (Phi) is 3.71. The van der Waals surface area contributed by atoms with E-state index in [0.29, 0.717) is 0 Å². The van der Waals surface area contributed by atoms with Crippen LogP contribution < -0.4 is 10.2 Å². The summed E-state index contributed by atoms with van der Waals surface area (Å²) in [5.41, 5.74) is 0.558. The molecule has 0 radical (unpaired) electrons. The van der Waals surface area contributed by atoms with Gasteiger partial charge in [0.2, 0.25) is 0 Å². The van der Waals surface area contributed by atoms with Gasteiger partial charge in [0.25, 0.3) is 0 Å². The zero-order valence-electron chi connectivity index (χ0n) is 11.4. The molecular formula is C13H22N4O. The average Bonchev–Trinajstić information content (AvgIpc) is 2.33. The van der Waals surface area contributed by atoms with E-state index in [2.05, 4.69) is 27.1 Å². The lowest BCUT2D eigenvalue weighted by Crippen LogP contribution is -2.43. The summed E-state index contributed by atoms with van der Waals surface area (Å²) in [6.07, 6.45) is 3.17. The third-order valence-electron chi connectivity index (χ3n) is 3.54. The topological polar surface area (TPSA) is 61.3 Å². The highest BCUT2D eigenvalue weighted by Crippen LogP contribution is 2.28. The van der Waals surface area contributed by atoms with Crippen molar-refractivity contribution < 1.29 is 5.11 Å². The maximum Gasteiger partial charge on any atom is 0.137 e. The Morgan fingerprint density at radius 2 is 2.06 bits per heavy atom. The number of anilines is 2. The molecule has 5 heteroatoms. The van der Waals surface area contributed by atoms with Crippen LogP contribution in [0.15, 0.2) is 6.33 Å². The predicted octanol–water partition coefficient (Wildman–Crippen LogP) is 1.57. The molecule has 0 amide bonds. The SMILES string of the molecule is CCNc1ncnc(N2CCC(C)(O)CC2)c1C. The Morgan fingerprint density at radius 3 is 2.67 bits per heavy atom. The minimum Gasteiger partial charge on any atom is -0.390 e. The van der Waals surface area contributed by atoms with Crippen molar-refractivity contribution in [1.29, 1.82) is 0 Å². The van der Waals surface area contributed by atoms with Gasteiger partial charge in [-0.15, -0.1) is 0 Å². The van der Waals surface area contributed by atoms with Gasteiger partial charge in [0.15, 0.2) is 0 Å². The fourth-order valence-electron chi connectivity index (χ4n) is 2.31. The number of nitrogens with one attached hydrogen (secondary N) is 1. The van der Waals surface area contributed by atoms with Crippen molar-refractivity contribution in [2.24, 2.45) is 0 Å². The van der Waals surface area contributed by atoms with Gasteiger partial charge in [0, 0.05) is 25.2 Å². The Hall–Kier alpha value is -1.36. The quantitative estimate of drug-likeness (QED) is 0.852. The normalized spacial score (nSPS) is 18.8. The van der Waals surface area contributed by atoms with Crippen molar-refractivity contribution in [2.75, 3.05) is 29.9 Å². The first-order valence-electron chi connectivity index (χ1n) is 6.56.